The highest BCUT2D eigenvalue weighted by Gasteiger charge is 2.06. The van der Waals surface area contributed by atoms with Crippen LogP contribution in [-0.2, 0) is 0 Å². The molecule has 94 valence electrons. The molecule has 3 N–H and O–H groups in total. The molecule has 1 aromatic carbocycles. The highest BCUT2D eigenvalue weighted by molar-refractivity contribution is 5.93. The molecule has 0 aliphatic rings. The summed E-state index contributed by atoms with van der Waals surface area (Å²) >= 11 is 0. The van der Waals surface area contributed by atoms with Gasteiger partial charge in [0.1, 0.15) is 0 Å². The van der Waals surface area contributed by atoms with Crippen LogP contribution in [0.4, 0.5) is 5.69 Å². The van der Waals surface area contributed by atoms with Gasteiger partial charge in [0.2, 0.25) is 5.91 Å². The van der Waals surface area contributed by atoms with E-state index in [2.05, 4.69) is 19.2 Å². The number of benzene rings is 1. The summed E-state index contributed by atoms with van der Waals surface area (Å²) in [6.45, 7) is 7.38. The molecule has 0 radical (unpaired) electrons. The molecule has 1 rings (SSSR count). The Bertz CT molecular complexity index is 384. The molecule has 0 aliphatic carbocycles. The third-order valence-corrected chi connectivity index (χ3v) is 3.25. The van der Waals surface area contributed by atoms with Gasteiger partial charge in [0.15, 0.2) is 0 Å². The topological polar surface area (TPSA) is 55.1 Å². The third kappa shape index (κ3) is 3.77. The molecule has 0 atom stereocenters. The van der Waals surface area contributed by atoms with Gasteiger partial charge in [-0.25, -0.2) is 0 Å². The number of aryl methyl sites for hydroxylation is 1. The Morgan fingerprint density at radius 1 is 1.35 bits per heavy atom. The van der Waals surface area contributed by atoms with E-state index in [1.165, 1.54) is 12.8 Å². The Balaban J connectivity index is 2.69. The Kier molecular flexibility index (Phi) is 5.01. The minimum atomic E-state index is -0.375. The average Bonchev–Trinajstić information content (AvgIpc) is 2.31. The summed E-state index contributed by atoms with van der Waals surface area (Å²) in [5.74, 6) is 0.324. The van der Waals surface area contributed by atoms with Crippen molar-refractivity contribution in [1.82, 2.24) is 0 Å². The van der Waals surface area contributed by atoms with Gasteiger partial charge in [-0.15, -0.1) is 0 Å². The second-order valence-corrected chi connectivity index (χ2v) is 4.46. The van der Waals surface area contributed by atoms with E-state index in [1.54, 1.807) is 6.07 Å². The standard InChI is InChI=1S/C14H22N2O/c1-4-11(5-2)9-16-13-7-6-12(14(15)17)8-10(13)3/h6-8,11,16H,4-5,9H2,1-3H3,(H2,15,17). The van der Waals surface area contributed by atoms with Crippen LogP contribution < -0.4 is 11.1 Å². The van der Waals surface area contributed by atoms with Crippen molar-refractivity contribution in [3.63, 3.8) is 0 Å². The van der Waals surface area contributed by atoms with Crippen LogP contribution in [0.25, 0.3) is 0 Å². The third-order valence-electron chi connectivity index (χ3n) is 3.25. The fraction of sp³-hybridized carbons (Fsp3) is 0.500. The van der Waals surface area contributed by atoms with Crippen molar-refractivity contribution in [2.75, 3.05) is 11.9 Å². The van der Waals surface area contributed by atoms with Crippen LogP contribution in [0.3, 0.4) is 0 Å². The van der Waals surface area contributed by atoms with Crippen LogP contribution in [0, 0.1) is 12.8 Å². The van der Waals surface area contributed by atoms with E-state index in [9.17, 15) is 4.79 Å². The number of rotatable bonds is 6. The zero-order valence-corrected chi connectivity index (χ0v) is 10.9. The van der Waals surface area contributed by atoms with E-state index in [4.69, 9.17) is 5.73 Å². The SMILES string of the molecule is CCC(CC)CNc1ccc(C(N)=O)cc1C. The second-order valence-electron chi connectivity index (χ2n) is 4.46. The van der Waals surface area contributed by atoms with Gasteiger partial charge in [-0.2, -0.15) is 0 Å². The predicted octanol–water partition coefficient (Wildman–Crippen LogP) is 2.94. The number of hydrogen-bond donors (Lipinski definition) is 2. The monoisotopic (exact) mass is 234 g/mol. The van der Waals surface area contributed by atoms with Crippen LogP contribution in [-0.4, -0.2) is 12.5 Å². The molecule has 0 spiro atoms. The van der Waals surface area contributed by atoms with Gasteiger partial charge < -0.3 is 11.1 Å². The zero-order chi connectivity index (χ0) is 12.8. The molecule has 1 aromatic rings. The van der Waals surface area contributed by atoms with Gasteiger partial charge in [0.05, 0.1) is 0 Å². The lowest BCUT2D eigenvalue weighted by Crippen LogP contribution is -2.14. The smallest absolute Gasteiger partial charge is 0.248 e. The zero-order valence-electron chi connectivity index (χ0n) is 10.9. The first-order chi connectivity index (χ1) is 8.08. The molecule has 17 heavy (non-hydrogen) atoms. The highest BCUT2D eigenvalue weighted by atomic mass is 16.1. The Morgan fingerprint density at radius 3 is 2.47 bits per heavy atom. The van der Waals surface area contributed by atoms with Crippen molar-refractivity contribution >= 4 is 11.6 Å². The first-order valence-electron chi connectivity index (χ1n) is 6.22. The Labute approximate surface area is 103 Å². The van der Waals surface area contributed by atoms with Crippen LogP contribution in [0.2, 0.25) is 0 Å². The van der Waals surface area contributed by atoms with Crippen LogP contribution in [0.5, 0.6) is 0 Å². The van der Waals surface area contributed by atoms with Gasteiger partial charge in [-0.05, 0) is 36.6 Å². The fourth-order valence-corrected chi connectivity index (χ4v) is 1.85. The summed E-state index contributed by atoms with van der Waals surface area (Å²) in [4.78, 5) is 11.0. The van der Waals surface area contributed by atoms with E-state index in [0.717, 1.165) is 17.8 Å². The summed E-state index contributed by atoms with van der Waals surface area (Å²) in [6.07, 6.45) is 2.36. The summed E-state index contributed by atoms with van der Waals surface area (Å²) in [5, 5.41) is 3.43. The lowest BCUT2D eigenvalue weighted by atomic mass is 10.0. The molecule has 0 aromatic heterocycles. The lowest BCUT2D eigenvalue weighted by Gasteiger charge is -2.16. The van der Waals surface area contributed by atoms with Crippen molar-refractivity contribution in [3.05, 3.63) is 29.3 Å². The maximum absolute atomic E-state index is 11.0. The lowest BCUT2D eigenvalue weighted by molar-refractivity contribution is 0.1000. The Hall–Kier alpha value is -1.51. The summed E-state index contributed by atoms with van der Waals surface area (Å²) in [6, 6.07) is 5.53. The van der Waals surface area contributed by atoms with E-state index in [0.29, 0.717) is 11.5 Å². The number of nitrogens with one attached hydrogen (secondary N) is 1. The number of primary amides is 1. The normalized spacial score (nSPS) is 10.6. The number of hydrogen-bond acceptors (Lipinski definition) is 2. The molecule has 0 saturated heterocycles. The molecule has 0 unspecified atom stereocenters. The molecule has 0 bridgehead atoms. The van der Waals surface area contributed by atoms with Gasteiger partial charge in [-0.3, -0.25) is 4.79 Å². The van der Waals surface area contributed by atoms with E-state index < -0.39 is 0 Å². The van der Waals surface area contributed by atoms with Gasteiger partial charge in [0.25, 0.3) is 0 Å². The summed E-state index contributed by atoms with van der Waals surface area (Å²) < 4.78 is 0. The number of anilines is 1. The van der Waals surface area contributed by atoms with Gasteiger partial charge >= 0.3 is 0 Å². The minimum absolute atomic E-state index is 0.375. The van der Waals surface area contributed by atoms with Crippen molar-refractivity contribution in [3.8, 4) is 0 Å². The van der Waals surface area contributed by atoms with Gasteiger partial charge in [-0.1, -0.05) is 26.7 Å². The van der Waals surface area contributed by atoms with Crippen LogP contribution >= 0.6 is 0 Å². The molecular formula is C14H22N2O. The van der Waals surface area contributed by atoms with Crippen molar-refractivity contribution in [2.24, 2.45) is 11.7 Å². The molecular weight excluding hydrogens is 212 g/mol. The quantitative estimate of drug-likeness (QED) is 0.795. The molecule has 3 nitrogen and oxygen atoms in total. The van der Waals surface area contributed by atoms with Crippen LogP contribution in [0.1, 0.15) is 42.6 Å². The number of amides is 1. The average molecular weight is 234 g/mol. The van der Waals surface area contributed by atoms with Gasteiger partial charge in [0, 0.05) is 17.8 Å². The molecule has 0 heterocycles. The highest BCUT2D eigenvalue weighted by Crippen LogP contribution is 2.18. The van der Waals surface area contributed by atoms with Crippen molar-refractivity contribution in [1.29, 1.82) is 0 Å². The minimum Gasteiger partial charge on any atom is -0.385 e. The number of carbonyl (C=O) groups excluding carboxylic acids is 1. The molecule has 1 amide bonds. The summed E-state index contributed by atoms with van der Waals surface area (Å²) in [5.41, 5.74) is 7.95. The molecule has 0 fully saturated rings. The first-order valence-corrected chi connectivity index (χ1v) is 6.22. The van der Waals surface area contributed by atoms with Crippen LogP contribution in [0.15, 0.2) is 18.2 Å². The maximum atomic E-state index is 11.0. The van der Waals surface area contributed by atoms with E-state index in [-0.39, 0.29) is 5.91 Å². The molecule has 0 aliphatic heterocycles. The number of nitrogens with two attached hydrogens (primary N) is 1. The number of carbonyl (C=O) groups is 1. The van der Waals surface area contributed by atoms with E-state index in [1.807, 2.05) is 19.1 Å². The summed E-state index contributed by atoms with van der Waals surface area (Å²) in [7, 11) is 0. The van der Waals surface area contributed by atoms with E-state index >= 15 is 0 Å². The van der Waals surface area contributed by atoms with Crippen molar-refractivity contribution < 1.29 is 4.79 Å². The second kappa shape index (κ2) is 6.28. The molecule has 0 saturated carbocycles. The largest absolute Gasteiger partial charge is 0.385 e. The molecule has 3 heteroatoms. The van der Waals surface area contributed by atoms with Crippen molar-refractivity contribution in [2.45, 2.75) is 33.6 Å². The maximum Gasteiger partial charge on any atom is 0.248 e. The predicted molar refractivity (Wildman–Crippen MR) is 72.3 cm³/mol. The Morgan fingerprint density at radius 2 is 2.00 bits per heavy atom. The fourth-order valence-electron chi connectivity index (χ4n) is 1.85. The first kappa shape index (κ1) is 13.6.